The van der Waals surface area contributed by atoms with Gasteiger partial charge in [0.25, 0.3) is 0 Å². The van der Waals surface area contributed by atoms with E-state index in [1.165, 1.54) is 0 Å². The predicted octanol–water partition coefficient (Wildman–Crippen LogP) is 3.68. The summed E-state index contributed by atoms with van der Waals surface area (Å²) in [4.78, 5) is 24.4. The second-order valence-corrected chi connectivity index (χ2v) is 7.08. The van der Waals surface area contributed by atoms with Crippen molar-refractivity contribution in [1.29, 1.82) is 0 Å². The van der Waals surface area contributed by atoms with Gasteiger partial charge in [-0.3, -0.25) is 4.79 Å². The maximum atomic E-state index is 12.4. The first-order valence-electron chi connectivity index (χ1n) is 8.66. The van der Waals surface area contributed by atoms with E-state index in [1.807, 2.05) is 74.5 Å². The summed E-state index contributed by atoms with van der Waals surface area (Å²) in [6.45, 7) is 4.30. The number of ether oxygens (including phenoxy) is 2. The van der Waals surface area contributed by atoms with Crippen LogP contribution in [0.1, 0.15) is 25.0 Å². The fraction of sp³-hybridized carbons (Fsp3) is 0.333. The van der Waals surface area contributed by atoms with Crippen molar-refractivity contribution in [3.63, 3.8) is 0 Å². The quantitative estimate of drug-likeness (QED) is 0.805. The van der Waals surface area contributed by atoms with Gasteiger partial charge < -0.3 is 14.8 Å². The number of carbonyl (C=O) groups excluding carboxylic acids is 2. The highest BCUT2D eigenvalue weighted by molar-refractivity contribution is 5.81. The molecule has 0 saturated heterocycles. The number of carbonyl (C=O) groups is 2. The molecule has 1 N–H and O–H groups in total. The van der Waals surface area contributed by atoms with Gasteiger partial charge in [0.2, 0.25) is 0 Å². The molecule has 0 unspecified atom stereocenters. The molecule has 2 atom stereocenters. The molecule has 1 fully saturated rings. The van der Waals surface area contributed by atoms with E-state index in [0.717, 1.165) is 11.1 Å². The first kappa shape index (κ1) is 18.0. The van der Waals surface area contributed by atoms with E-state index in [-0.39, 0.29) is 36.6 Å². The molecule has 1 aliphatic carbocycles. The topological polar surface area (TPSA) is 64.6 Å². The van der Waals surface area contributed by atoms with Gasteiger partial charge in [-0.25, -0.2) is 4.79 Å². The van der Waals surface area contributed by atoms with Crippen molar-refractivity contribution < 1.29 is 19.1 Å². The molecule has 0 spiro atoms. The Morgan fingerprint density at radius 1 is 0.885 bits per heavy atom. The molecule has 2 aromatic carbocycles. The first-order chi connectivity index (χ1) is 12.5. The van der Waals surface area contributed by atoms with Gasteiger partial charge in [0.1, 0.15) is 13.2 Å². The first-order valence-corrected chi connectivity index (χ1v) is 8.66. The maximum absolute atomic E-state index is 12.4. The lowest BCUT2D eigenvalue weighted by Gasteiger charge is -2.08. The largest absolute Gasteiger partial charge is 0.461 e. The van der Waals surface area contributed by atoms with Crippen LogP contribution in [0.3, 0.4) is 0 Å². The highest BCUT2D eigenvalue weighted by atomic mass is 16.5. The zero-order chi connectivity index (χ0) is 18.6. The molecule has 3 rings (SSSR count). The summed E-state index contributed by atoms with van der Waals surface area (Å²) in [6, 6.07) is 18.7. The lowest BCUT2D eigenvalue weighted by Crippen LogP contribution is -2.30. The Kier molecular flexibility index (Phi) is 5.26. The van der Waals surface area contributed by atoms with E-state index in [1.54, 1.807) is 0 Å². The number of benzene rings is 2. The average molecular weight is 353 g/mol. The van der Waals surface area contributed by atoms with Gasteiger partial charge in [0.15, 0.2) is 0 Å². The third-order valence-electron chi connectivity index (χ3n) is 4.79. The number of alkyl carbamates (subject to hydrolysis) is 1. The van der Waals surface area contributed by atoms with E-state index in [4.69, 9.17) is 9.47 Å². The molecule has 1 amide bonds. The molecule has 2 aromatic rings. The molecule has 0 aromatic heterocycles. The Labute approximate surface area is 153 Å². The molecular formula is C21H23NO4. The van der Waals surface area contributed by atoms with E-state index >= 15 is 0 Å². The zero-order valence-electron chi connectivity index (χ0n) is 15.0. The molecule has 0 radical (unpaired) electrons. The van der Waals surface area contributed by atoms with E-state index in [2.05, 4.69) is 5.32 Å². The van der Waals surface area contributed by atoms with Crippen LogP contribution in [0.5, 0.6) is 0 Å². The van der Waals surface area contributed by atoms with Crippen LogP contribution in [0.4, 0.5) is 4.79 Å². The Bertz CT molecular complexity index is 758. The van der Waals surface area contributed by atoms with Gasteiger partial charge in [-0.2, -0.15) is 0 Å². The smallest absolute Gasteiger partial charge is 0.407 e. The Morgan fingerprint density at radius 3 is 1.92 bits per heavy atom. The summed E-state index contributed by atoms with van der Waals surface area (Å²) in [5, 5.41) is 2.78. The number of rotatable bonds is 6. The van der Waals surface area contributed by atoms with Crippen LogP contribution in [0, 0.1) is 11.3 Å². The summed E-state index contributed by atoms with van der Waals surface area (Å²) in [7, 11) is 0. The third-order valence-corrected chi connectivity index (χ3v) is 4.79. The number of esters is 1. The van der Waals surface area contributed by atoms with Gasteiger partial charge >= 0.3 is 12.1 Å². The van der Waals surface area contributed by atoms with E-state index in [9.17, 15) is 9.59 Å². The minimum atomic E-state index is -0.523. The fourth-order valence-corrected chi connectivity index (χ4v) is 3.06. The van der Waals surface area contributed by atoms with Gasteiger partial charge in [-0.15, -0.1) is 0 Å². The molecule has 0 heterocycles. The summed E-state index contributed by atoms with van der Waals surface area (Å²) in [5.74, 6) is -0.664. The van der Waals surface area contributed by atoms with Crippen molar-refractivity contribution in [1.82, 2.24) is 5.32 Å². The molecule has 1 saturated carbocycles. The number of amides is 1. The molecule has 0 bridgehead atoms. The van der Waals surface area contributed by atoms with E-state index < -0.39 is 6.09 Å². The van der Waals surface area contributed by atoms with Crippen LogP contribution < -0.4 is 5.32 Å². The van der Waals surface area contributed by atoms with Crippen molar-refractivity contribution in [2.75, 3.05) is 0 Å². The fourth-order valence-electron chi connectivity index (χ4n) is 3.06. The summed E-state index contributed by atoms with van der Waals surface area (Å²) >= 11 is 0. The van der Waals surface area contributed by atoms with Crippen molar-refractivity contribution in [3.8, 4) is 0 Å². The standard InChI is InChI=1S/C21H23NO4/c1-21(2)17(19(23)25-13-15-9-5-3-6-10-15)18(21)22-20(24)26-14-16-11-7-4-8-12-16/h3-12,17-18H,13-14H2,1-2H3,(H,22,24)/t17-,18-/m0/s1. The monoisotopic (exact) mass is 353 g/mol. The van der Waals surface area contributed by atoms with Gasteiger partial charge in [0, 0.05) is 5.41 Å². The van der Waals surface area contributed by atoms with E-state index in [0.29, 0.717) is 0 Å². The second-order valence-electron chi connectivity index (χ2n) is 7.08. The molecule has 0 aliphatic heterocycles. The van der Waals surface area contributed by atoms with Crippen molar-refractivity contribution >= 4 is 12.1 Å². The minimum absolute atomic E-state index is 0.197. The Balaban J connectivity index is 1.47. The van der Waals surface area contributed by atoms with Crippen molar-refractivity contribution in [2.45, 2.75) is 33.1 Å². The molecule has 5 nitrogen and oxygen atoms in total. The minimum Gasteiger partial charge on any atom is -0.461 e. The van der Waals surface area contributed by atoms with Crippen molar-refractivity contribution in [2.24, 2.45) is 11.3 Å². The maximum Gasteiger partial charge on any atom is 0.407 e. The normalized spacial score (nSPS) is 20.1. The van der Waals surface area contributed by atoms with Crippen LogP contribution in [-0.4, -0.2) is 18.1 Å². The van der Waals surface area contributed by atoms with Gasteiger partial charge in [0.05, 0.1) is 12.0 Å². The molecular weight excluding hydrogens is 330 g/mol. The number of hydrogen-bond donors (Lipinski definition) is 1. The third kappa shape index (κ3) is 4.23. The summed E-state index contributed by atoms with van der Waals surface area (Å²) in [6.07, 6.45) is -0.523. The van der Waals surface area contributed by atoms with Crippen LogP contribution in [0.15, 0.2) is 60.7 Å². The Hall–Kier alpha value is -2.82. The highest BCUT2D eigenvalue weighted by Gasteiger charge is 2.63. The van der Waals surface area contributed by atoms with Gasteiger partial charge in [-0.1, -0.05) is 74.5 Å². The highest BCUT2D eigenvalue weighted by Crippen LogP contribution is 2.52. The van der Waals surface area contributed by atoms with Crippen LogP contribution in [0.25, 0.3) is 0 Å². The van der Waals surface area contributed by atoms with Crippen LogP contribution >= 0.6 is 0 Å². The summed E-state index contributed by atoms with van der Waals surface area (Å²) in [5.41, 5.74) is 1.50. The Morgan fingerprint density at radius 2 is 1.38 bits per heavy atom. The molecule has 26 heavy (non-hydrogen) atoms. The van der Waals surface area contributed by atoms with Crippen molar-refractivity contribution in [3.05, 3.63) is 71.8 Å². The second kappa shape index (κ2) is 7.60. The number of nitrogens with one attached hydrogen (secondary N) is 1. The lowest BCUT2D eigenvalue weighted by molar-refractivity contribution is -0.147. The number of hydrogen-bond acceptors (Lipinski definition) is 4. The molecule has 136 valence electrons. The lowest BCUT2D eigenvalue weighted by atomic mass is 10.1. The average Bonchev–Trinajstić information content (AvgIpc) is 3.19. The zero-order valence-corrected chi connectivity index (χ0v) is 15.0. The van der Waals surface area contributed by atoms with Crippen LogP contribution in [-0.2, 0) is 27.5 Å². The predicted molar refractivity (Wildman–Crippen MR) is 97.1 cm³/mol. The molecule has 1 aliphatic rings. The van der Waals surface area contributed by atoms with Gasteiger partial charge in [-0.05, 0) is 11.1 Å². The van der Waals surface area contributed by atoms with Crippen LogP contribution in [0.2, 0.25) is 0 Å². The molecule has 5 heteroatoms. The SMILES string of the molecule is CC1(C)[C@H](C(=O)OCc2ccccc2)[C@@H]1NC(=O)OCc1ccccc1. The summed E-state index contributed by atoms with van der Waals surface area (Å²) < 4.78 is 10.6.